The molecule has 2 saturated heterocycles. The maximum Gasteiger partial charge on any atom is 0.341 e. The van der Waals surface area contributed by atoms with Crippen LogP contribution in [0.1, 0.15) is 19.8 Å². The fraction of sp³-hybridized carbons (Fsp3) is 0.643. The Morgan fingerprint density at radius 1 is 1.33 bits per heavy atom. The topological polar surface area (TPSA) is 110 Å². The zero-order chi connectivity index (χ0) is 15.3. The van der Waals surface area contributed by atoms with Crippen LogP contribution in [0.3, 0.4) is 0 Å². The molecule has 0 aromatic rings. The van der Waals surface area contributed by atoms with Gasteiger partial charge in [0.1, 0.15) is 6.61 Å². The van der Waals surface area contributed by atoms with Crippen molar-refractivity contribution in [2.75, 3.05) is 6.61 Å². The molecule has 4 aliphatic rings. The second kappa shape index (κ2) is 3.20. The van der Waals surface area contributed by atoms with Crippen molar-refractivity contribution < 1.29 is 34.1 Å². The Kier molecular flexibility index (Phi) is 1.98. The van der Waals surface area contributed by atoms with Gasteiger partial charge in [-0.2, -0.15) is 0 Å². The third-order valence-electron chi connectivity index (χ3n) is 5.86. The molecule has 7 heteroatoms. The van der Waals surface area contributed by atoms with Crippen molar-refractivity contribution in [3.05, 3.63) is 12.2 Å². The number of fused-ring (bicyclic) bond motifs is 1. The number of carbonyl (C=O) groups excluding carboxylic acids is 3. The average molecular weight is 294 g/mol. The summed E-state index contributed by atoms with van der Waals surface area (Å²) in [7, 11) is 0. The molecule has 0 spiro atoms. The van der Waals surface area contributed by atoms with E-state index in [4.69, 9.17) is 9.47 Å². The smallest absolute Gasteiger partial charge is 0.341 e. The molecular formula is C14H14O7. The van der Waals surface area contributed by atoms with Crippen LogP contribution in [-0.4, -0.2) is 51.8 Å². The van der Waals surface area contributed by atoms with Crippen molar-refractivity contribution in [2.24, 2.45) is 10.8 Å². The van der Waals surface area contributed by atoms with Crippen LogP contribution >= 0.6 is 0 Å². The Morgan fingerprint density at radius 3 is 2.76 bits per heavy atom. The molecule has 112 valence electrons. The third kappa shape index (κ3) is 0.979. The van der Waals surface area contributed by atoms with E-state index in [-0.39, 0.29) is 25.2 Å². The number of hydrogen-bond donors (Lipinski definition) is 2. The Balaban J connectivity index is 2.03. The van der Waals surface area contributed by atoms with Crippen LogP contribution in [0.25, 0.3) is 0 Å². The van der Waals surface area contributed by atoms with Crippen molar-refractivity contribution >= 4 is 17.7 Å². The maximum atomic E-state index is 12.4. The highest BCUT2D eigenvalue weighted by molar-refractivity contribution is 6.05. The van der Waals surface area contributed by atoms with Gasteiger partial charge in [-0.1, -0.05) is 0 Å². The molecule has 0 unspecified atom stereocenters. The minimum atomic E-state index is -2.20. The highest BCUT2D eigenvalue weighted by Crippen LogP contribution is 2.69. The lowest BCUT2D eigenvalue weighted by atomic mass is 9.47. The summed E-state index contributed by atoms with van der Waals surface area (Å²) in [5.74, 6) is -1.85. The largest absolute Gasteiger partial charge is 0.463 e. The van der Waals surface area contributed by atoms with Gasteiger partial charge in [0.25, 0.3) is 0 Å². The van der Waals surface area contributed by atoms with Crippen LogP contribution in [0.5, 0.6) is 0 Å². The van der Waals surface area contributed by atoms with Gasteiger partial charge in [-0.15, -0.1) is 0 Å². The summed E-state index contributed by atoms with van der Waals surface area (Å²) in [4.78, 5) is 36.3. The number of aliphatic hydroxyl groups is 2. The Hall–Kier alpha value is -1.73. The summed E-state index contributed by atoms with van der Waals surface area (Å²) in [6.07, 6.45) is 0.864. The number of ether oxygens (including phenoxy) is 2. The second-order valence-electron chi connectivity index (χ2n) is 6.56. The van der Waals surface area contributed by atoms with Crippen LogP contribution in [0.2, 0.25) is 0 Å². The Labute approximate surface area is 119 Å². The number of cyclic esters (lactones) is 1. The molecular weight excluding hydrogens is 280 g/mol. The lowest BCUT2D eigenvalue weighted by Crippen LogP contribution is -2.74. The first-order chi connectivity index (χ1) is 9.73. The molecule has 2 aliphatic carbocycles. The van der Waals surface area contributed by atoms with Crippen molar-refractivity contribution in [3.63, 3.8) is 0 Å². The summed E-state index contributed by atoms with van der Waals surface area (Å²) in [6.45, 7) is 1.28. The van der Waals surface area contributed by atoms with E-state index in [0.29, 0.717) is 0 Å². The molecule has 1 saturated carbocycles. The predicted octanol–water partition coefficient (Wildman–Crippen LogP) is -1.14. The summed E-state index contributed by atoms with van der Waals surface area (Å²) in [6, 6.07) is 0. The molecule has 3 fully saturated rings. The SMILES string of the molecule is C[C@@]12COC(=O)[C@]1(O)[C@H](O)C[C@]13CC(=O)O[C@@]12C=CC3=O. The molecule has 2 N–H and O–H groups in total. The van der Waals surface area contributed by atoms with Crippen molar-refractivity contribution in [1.82, 2.24) is 0 Å². The molecule has 2 heterocycles. The highest BCUT2D eigenvalue weighted by Gasteiger charge is 2.85. The average Bonchev–Trinajstić information content (AvgIpc) is 2.95. The predicted molar refractivity (Wildman–Crippen MR) is 64.7 cm³/mol. The fourth-order valence-corrected chi connectivity index (χ4v) is 4.68. The van der Waals surface area contributed by atoms with Crippen LogP contribution < -0.4 is 0 Å². The van der Waals surface area contributed by atoms with Crippen molar-refractivity contribution in [1.29, 1.82) is 0 Å². The summed E-state index contributed by atoms with van der Waals surface area (Å²) in [5, 5.41) is 21.2. The molecule has 0 radical (unpaired) electrons. The first-order valence-electron chi connectivity index (χ1n) is 6.77. The minimum absolute atomic E-state index is 0.171. The number of hydrogen-bond acceptors (Lipinski definition) is 7. The van der Waals surface area contributed by atoms with E-state index in [1.165, 1.54) is 19.1 Å². The first kappa shape index (κ1) is 13.0. The summed E-state index contributed by atoms with van der Waals surface area (Å²) in [5.41, 5.74) is -6.33. The zero-order valence-corrected chi connectivity index (χ0v) is 11.3. The van der Waals surface area contributed by atoms with Gasteiger partial charge in [-0.25, -0.2) is 4.79 Å². The van der Waals surface area contributed by atoms with Crippen LogP contribution in [0, 0.1) is 10.8 Å². The number of aliphatic hydroxyl groups excluding tert-OH is 1. The molecule has 5 atom stereocenters. The van der Waals surface area contributed by atoms with E-state index >= 15 is 0 Å². The molecule has 4 rings (SSSR count). The van der Waals surface area contributed by atoms with E-state index < -0.39 is 40.1 Å². The van der Waals surface area contributed by atoms with Crippen LogP contribution in [0.15, 0.2) is 12.2 Å². The van der Waals surface area contributed by atoms with Gasteiger partial charge in [0.2, 0.25) is 5.60 Å². The number of carbonyl (C=O) groups is 3. The van der Waals surface area contributed by atoms with E-state index in [0.717, 1.165) is 0 Å². The third-order valence-corrected chi connectivity index (χ3v) is 5.86. The van der Waals surface area contributed by atoms with Crippen LogP contribution in [0.4, 0.5) is 0 Å². The second-order valence-corrected chi connectivity index (χ2v) is 6.56. The Bertz CT molecular complexity index is 639. The molecule has 0 bridgehead atoms. The summed E-state index contributed by atoms with van der Waals surface area (Å²) < 4.78 is 10.4. The van der Waals surface area contributed by atoms with E-state index in [2.05, 4.69) is 0 Å². The fourth-order valence-electron chi connectivity index (χ4n) is 4.68. The quantitative estimate of drug-likeness (QED) is 0.543. The monoisotopic (exact) mass is 294 g/mol. The van der Waals surface area contributed by atoms with Gasteiger partial charge in [-0.3, -0.25) is 9.59 Å². The molecule has 7 nitrogen and oxygen atoms in total. The molecule has 0 aromatic heterocycles. The van der Waals surface area contributed by atoms with Crippen molar-refractivity contribution in [2.45, 2.75) is 37.1 Å². The lowest BCUT2D eigenvalue weighted by Gasteiger charge is -2.56. The summed E-state index contributed by atoms with van der Waals surface area (Å²) >= 11 is 0. The van der Waals surface area contributed by atoms with Gasteiger partial charge < -0.3 is 19.7 Å². The van der Waals surface area contributed by atoms with Gasteiger partial charge in [0.05, 0.1) is 23.4 Å². The molecule has 2 aliphatic heterocycles. The van der Waals surface area contributed by atoms with E-state index in [1.54, 1.807) is 0 Å². The normalized spacial score (nSPS) is 54.0. The standard InChI is InChI=1S/C14H14O7/c1-11-6-20-10(18)14(11,19)8(16)4-12-5-9(17)21-13(11,12)3-2-7(12)15/h2-3,8,16,19H,4-6H2,1H3/t8-,11+,12-,13-,14-/m1/s1. The van der Waals surface area contributed by atoms with Crippen molar-refractivity contribution in [3.8, 4) is 0 Å². The molecule has 21 heavy (non-hydrogen) atoms. The lowest BCUT2D eigenvalue weighted by molar-refractivity contribution is -0.243. The Morgan fingerprint density at radius 2 is 2.05 bits per heavy atom. The minimum Gasteiger partial charge on any atom is -0.463 e. The number of rotatable bonds is 0. The van der Waals surface area contributed by atoms with E-state index in [1.807, 2.05) is 0 Å². The number of esters is 2. The van der Waals surface area contributed by atoms with Gasteiger partial charge >= 0.3 is 11.9 Å². The molecule has 0 aromatic carbocycles. The highest BCUT2D eigenvalue weighted by atomic mass is 16.6. The van der Waals surface area contributed by atoms with Gasteiger partial charge in [0.15, 0.2) is 11.4 Å². The zero-order valence-electron chi connectivity index (χ0n) is 11.3. The first-order valence-corrected chi connectivity index (χ1v) is 6.77. The van der Waals surface area contributed by atoms with Crippen LogP contribution in [-0.2, 0) is 23.9 Å². The van der Waals surface area contributed by atoms with E-state index in [9.17, 15) is 24.6 Å². The van der Waals surface area contributed by atoms with Gasteiger partial charge in [-0.05, 0) is 25.5 Å². The number of ketones is 1. The maximum absolute atomic E-state index is 12.4. The number of allylic oxidation sites excluding steroid dienone is 1. The van der Waals surface area contributed by atoms with Gasteiger partial charge in [0, 0.05) is 0 Å². The molecule has 0 amide bonds.